The maximum Gasteiger partial charge on any atom is 0.325 e. The number of nitrogens with zero attached hydrogens (tertiary/aromatic N) is 1. The predicted octanol–water partition coefficient (Wildman–Crippen LogP) is 1.37. The van der Waals surface area contributed by atoms with E-state index in [1.165, 1.54) is 0 Å². The topological polar surface area (TPSA) is 108 Å². The molecule has 0 aromatic heterocycles. The smallest absolute Gasteiger partial charge is 0.325 e. The second-order valence-electron chi connectivity index (χ2n) is 8.04. The molecule has 0 bridgehead atoms. The number of carbonyl (C=O) groups is 4. The fraction of sp³-hybridized carbons (Fsp3) is 0.500. The van der Waals surface area contributed by atoms with Gasteiger partial charge < -0.3 is 16.0 Å². The minimum absolute atomic E-state index is 0.0263. The van der Waals surface area contributed by atoms with Gasteiger partial charge in [-0.3, -0.25) is 19.3 Å². The molecule has 3 aliphatic rings. The van der Waals surface area contributed by atoms with Crippen molar-refractivity contribution < 1.29 is 19.2 Å². The lowest BCUT2D eigenvalue weighted by Gasteiger charge is -2.20. The van der Waals surface area contributed by atoms with Crippen LogP contribution in [0.4, 0.5) is 10.5 Å². The molecule has 0 spiro atoms. The van der Waals surface area contributed by atoms with E-state index in [1.54, 1.807) is 19.1 Å². The van der Waals surface area contributed by atoms with Crippen molar-refractivity contribution >= 4 is 29.4 Å². The van der Waals surface area contributed by atoms with E-state index in [9.17, 15) is 19.2 Å². The number of amides is 5. The van der Waals surface area contributed by atoms with E-state index >= 15 is 0 Å². The van der Waals surface area contributed by atoms with Crippen molar-refractivity contribution in [3.8, 4) is 0 Å². The van der Waals surface area contributed by atoms with Gasteiger partial charge in [0.1, 0.15) is 12.1 Å². The fourth-order valence-corrected chi connectivity index (χ4v) is 3.55. The normalized spacial score (nSPS) is 24.1. The zero-order valence-corrected chi connectivity index (χ0v) is 15.8. The number of anilines is 1. The summed E-state index contributed by atoms with van der Waals surface area (Å²) in [5.74, 6) is -0.436. The highest BCUT2D eigenvalue weighted by molar-refractivity contribution is 6.09. The third-order valence-electron chi connectivity index (χ3n) is 5.63. The second kappa shape index (κ2) is 6.92. The molecule has 1 aromatic rings. The van der Waals surface area contributed by atoms with Crippen LogP contribution in [0.25, 0.3) is 0 Å². The largest absolute Gasteiger partial charge is 0.350 e. The molecule has 1 unspecified atom stereocenters. The van der Waals surface area contributed by atoms with Crippen LogP contribution < -0.4 is 16.0 Å². The molecular formula is C20H24N4O4. The Morgan fingerprint density at radius 2 is 1.96 bits per heavy atom. The number of hydrogen-bond acceptors (Lipinski definition) is 4. The van der Waals surface area contributed by atoms with Crippen LogP contribution in [0.1, 0.15) is 38.2 Å². The molecule has 2 saturated carbocycles. The Morgan fingerprint density at radius 3 is 2.64 bits per heavy atom. The molecular weight excluding hydrogens is 360 g/mol. The molecule has 3 N–H and O–H groups in total. The van der Waals surface area contributed by atoms with E-state index < -0.39 is 17.5 Å². The molecule has 0 radical (unpaired) electrons. The highest BCUT2D eigenvalue weighted by Crippen LogP contribution is 2.42. The molecule has 1 aromatic carbocycles. The number of rotatable bonds is 7. The van der Waals surface area contributed by atoms with Gasteiger partial charge in [-0.1, -0.05) is 12.1 Å². The summed E-state index contributed by atoms with van der Waals surface area (Å²) >= 11 is 0. The van der Waals surface area contributed by atoms with Gasteiger partial charge in [0.15, 0.2) is 0 Å². The number of imide groups is 1. The van der Waals surface area contributed by atoms with Crippen LogP contribution in [0, 0.1) is 11.8 Å². The number of benzene rings is 1. The molecule has 148 valence electrons. The van der Waals surface area contributed by atoms with Gasteiger partial charge in [-0.2, -0.15) is 0 Å². The monoisotopic (exact) mass is 384 g/mol. The Bertz CT molecular complexity index is 846. The van der Waals surface area contributed by atoms with Gasteiger partial charge in [0.2, 0.25) is 11.8 Å². The molecule has 4 rings (SSSR count). The van der Waals surface area contributed by atoms with Gasteiger partial charge in [-0.25, -0.2) is 4.79 Å². The van der Waals surface area contributed by atoms with Crippen molar-refractivity contribution in [1.82, 2.24) is 15.5 Å². The minimum Gasteiger partial charge on any atom is -0.350 e. The molecule has 28 heavy (non-hydrogen) atoms. The molecule has 1 heterocycles. The van der Waals surface area contributed by atoms with Gasteiger partial charge in [-0.05, 0) is 56.2 Å². The van der Waals surface area contributed by atoms with Crippen LogP contribution in [-0.4, -0.2) is 40.7 Å². The Labute approximate surface area is 163 Å². The van der Waals surface area contributed by atoms with Crippen molar-refractivity contribution in [2.75, 3.05) is 11.9 Å². The number of nitrogens with one attached hydrogen (secondary N) is 3. The summed E-state index contributed by atoms with van der Waals surface area (Å²) < 4.78 is 0. The zero-order chi connectivity index (χ0) is 19.9. The van der Waals surface area contributed by atoms with Crippen molar-refractivity contribution in [3.63, 3.8) is 0 Å². The van der Waals surface area contributed by atoms with Crippen LogP contribution in [0.2, 0.25) is 0 Å². The summed E-state index contributed by atoms with van der Waals surface area (Å²) in [5.41, 5.74) is 0.630. The minimum atomic E-state index is -0.883. The van der Waals surface area contributed by atoms with Gasteiger partial charge in [0.25, 0.3) is 5.91 Å². The Hall–Kier alpha value is -2.90. The highest BCUT2D eigenvalue weighted by Gasteiger charge is 2.56. The van der Waals surface area contributed by atoms with E-state index in [4.69, 9.17) is 0 Å². The summed E-state index contributed by atoms with van der Waals surface area (Å²) in [5, 5.41) is 8.33. The van der Waals surface area contributed by atoms with Crippen LogP contribution in [0.15, 0.2) is 24.3 Å². The quantitative estimate of drug-likeness (QED) is 0.617. The highest BCUT2D eigenvalue weighted by atomic mass is 16.2. The van der Waals surface area contributed by atoms with E-state index in [1.807, 2.05) is 12.1 Å². The lowest BCUT2D eigenvalue weighted by Crippen LogP contribution is -2.46. The van der Waals surface area contributed by atoms with E-state index in [-0.39, 0.29) is 36.7 Å². The van der Waals surface area contributed by atoms with Crippen molar-refractivity contribution in [2.45, 2.75) is 44.7 Å². The number of hydrogen-bond donors (Lipinski definition) is 3. The van der Waals surface area contributed by atoms with Gasteiger partial charge in [0, 0.05) is 18.2 Å². The molecule has 2 aliphatic carbocycles. The SMILES string of the molecule is CC1(C2CC2)NC(=O)N(CC(=O)NCc2cccc(NC(=O)C3CC3)c2)C1=O. The number of carbonyl (C=O) groups excluding carboxylic acids is 4. The predicted molar refractivity (Wildman–Crippen MR) is 101 cm³/mol. The van der Waals surface area contributed by atoms with Gasteiger partial charge in [0.05, 0.1) is 0 Å². The average Bonchev–Trinajstić information content (AvgIpc) is 3.56. The van der Waals surface area contributed by atoms with E-state index in [0.29, 0.717) is 5.69 Å². The lowest BCUT2D eigenvalue weighted by atomic mass is 9.96. The molecule has 1 saturated heterocycles. The zero-order valence-electron chi connectivity index (χ0n) is 15.8. The Kier molecular flexibility index (Phi) is 4.56. The first-order valence-corrected chi connectivity index (χ1v) is 9.67. The van der Waals surface area contributed by atoms with Crippen LogP contribution in [-0.2, 0) is 20.9 Å². The molecule has 5 amide bonds. The molecule has 1 aliphatic heterocycles. The number of urea groups is 1. The molecule has 8 nitrogen and oxygen atoms in total. The van der Waals surface area contributed by atoms with E-state index in [0.717, 1.165) is 36.1 Å². The summed E-state index contributed by atoms with van der Waals surface area (Å²) in [6.45, 7) is 1.67. The fourth-order valence-electron chi connectivity index (χ4n) is 3.55. The van der Waals surface area contributed by atoms with Crippen molar-refractivity contribution in [1.29, 1.82) is 0 Å². The first-order chi connectivity index (χ1) is 13.4. The van der Waals surface area contributed by atoms with Crippen molar-refractivity contribution in [3.05, 3.63) is 29.8 Å². The van der Waals surface area contributed by atoms with Gasteiger partial charge >= 0.3 is 6.03 Å². The maximum atomic E-state index is 12.6. The van der Waals surface area contributed by atoms with Crippen LogP contribution in [0.3, 0.4) is 0 Å². The van der Waals surface area contributed by atoms with E-state index in [2.05, 4.69) is 16.0 Å². The summed E-state index contributed by atoms with van der Waals surface area (Å²) in [7, 11) is 0. The summed E-state index contributed by atoms with van der Waals surface area (Å²) in [6.07, 6.45) is 3.70. The first-order valence-electron chi connectivity index (χ1n) is 9.67. The maximum absolute atomic E-state index is 12.6. The molecule has 8 heteroatoms. The Morgan fingerprint density at radius 1 is 1.21 bits per heavy atom. The first kappa shape index (κ1) is 18.5. The molecule has 1 atom stereocenters. The summed E-state index contributed by atoms with van der Waals surface area (Å²) in [6, 6.07) is 6.74. The van der Waals surface area contributed by atoms with Crippen molar-refractivity contribution in [2.24, 2.45) is 11.8 Å². The standard InChI is InChI=1S/C20H24N4O4/c1-20(14-7-8-14)18(27)24(19(28)23-20)11-16(25)21-10-12-3-2-4-15(9-12)22-17(26)13-5-6-13/h2-4,9,13-14H,5-8,10-11H2,1H3,(H,21,25)(H,22,26)(H,23,28). The average molecular weight is 384 g/mol. The third kappa shape index (κ3) is 3.72. The third-order valence-corrected chi connectivity index (χ3v) is 5.63. The second-order valence-corrected chi connectivity index (χ2v) is 8.04. The Balaban J connectivity index is 1.30. The molecule has 3 fully saturated rings. The van der Waals surface area contributed by atoms with Crippen LogP contribution >= 0.6 is 0 Å². The summed E-state index contributed by atoms with van der Waals surface area (Å²) in [4.78, 5) is 49.8. The van der Waals surface area contributed by atoms with Gasteiger partial charge in [-0.15, -0.1) is 0 Å². The van der Waals surface area contributed by atoms with Crippen LogP contribution in [0.5, 0.6) is 0 Å². The lowest BCUT2D eigenvalue weighted by molar-refractivity contribution is -0.135.